The van der Waals surface area contributed by atoms with Crippen molar-refractivity contribution in [3.8, 4) is 5.75 Å². The van der Waals surface area contributed by atoms with E-state index in [0.29, 0.717) is 5.02 Å². The molecule has 0 saturated heterocycles. The lowest BCUT2D eigenvalue weighted by Crippen LogP contribution is -1.99. The van der Waals surface area contributed by atoms with Gasteiger partial charge in [-0.1, -0.05) is 51.3 Å². The molecule has 0 saturated carbocycles. The van der Waals surface area contributed by atoms with Gasteiger partial charge in [-0.3, -0.25) is 0 Å². The van der Waals surface area contributed by atoms with Gasteiger partial charge in [-0.05, 0) is 52.2 Å². The molecule has 0 radical (unpaired) electrons. The van der Waals surface area contributed by atoms with Gasteiger partial charge in [0, 0.05) is 15.6 Å². The van der Waals surface area contributed by atoms with E-state index in [2.05, 4.69) is 37.9 Å². The fourth-order valence-corrected chi connectivity index (χ4v) is 3.73. The highest BCUT2D eigenvalue weighted by Crippen LogP contribution is 2.42. The second kappa shape index (κ2) is 6.69. The fourth-order valence-electron chi connectivity index (χ4n) is 1.99. The summed E-state index contributed by atoms with van der Waals surface area (Å²) < 4.78 is 6.30. The summed E-state index contributed by atoms with van der Waals surface area (Å²) in [5.74, 6) is 0.767. The summed E-state index contributed by atoms with van der Waals surface area (Å²) in [6.07, 6.45) is 0. The summed E-state index contributed by atoms with van der Waals surface area (Å²) in [5, 5.41) is 1.41. The van der Waals surface area contributed by atoms with Gasteiger partial charge in [-0.25, -0.2) is 0 Å². The highest BCUT2D eigenvalue weighted by atomic mass is 79.9. The number of hydrogen-bond donors (Lipinski definition) is 0. The minimum absolute atomic E-state index is 0.0246. The lowest BCUT2D eigenvalue weighted by atomic mass is 10.0. The van der Waals surface area contributed by atoms with Crippen molar-refractivity contribution in [1.29, 1.82) is 0 Å². The molecule has 0 amide bonds. The number of rotatable bonds is 3. The lowest BCUT2D eigenvalue weighted by Gasteiger charge is -2.17. The quantitative estimate of drug-likeness (QED) is 0.493. The Balaban J connectivity index is 2.52. The second-order valence-corrected chi connectivity index (χ2v) is 6.99. The Labute approximate surface area is 145 Å². The third kappa shape index (κ3) is 3.33. The Hall–Kier alpha value is -0.220. The average Bonchev–Trinajstić information content (AvgIpc) is 2.40. The first-order valence-electron chi connectivity index (χ1n) is 5.87. The zero-order valence-corrected chi connectivity index (χ0v) is 15.6. The van der Waals surface area contributed by atoms with Crippen LogP contribution in [0.3, 0.4) is 0 Å². The number of benzene rings is 2. The van der Waals surface area contributed by atoms with E-state index in [4.69, 9.17) is 27.9 Å². The van der Waals surface area contributed by atoms with E-state index in [0.717, 1.165) is 31.9 Å². The molecule has 1 atom stereocenters. The number of methoxy groups -OCH3 is 1. The molecule has 0 fully saturated rings. The van der Waals surface area contributed by atoms with Crippen molar-refractivity contribution in [2.24, 2.45) is 0 Å². The molecular formula is C15H12Br2Cl2O. The van der Waals surface area contributed by atoms with Gasteiger partial charge in [0.05, 0.1) is 16.4 Å². The Morgan fingerprint density at radius 1 is 1.15 bits per heavy atom. The highest BCUT2D eigenvalue weighted by molar-refractivity contribution is 9.10. The van der Waals surface area contributed by atoms with Crippen LogP contribution in [0.25, 0.3) is 0 Å². The molecule has 0 spiro atoms. The third-order valence-electron chi connectivity index (χ3n) is 2.99. The van der Waals surface area contributed by atoms with E-state index < -0.39 is 0 Å². The molecule has 106 valence electrons. The van der Waals surface area contributed by atoms with Crippen LogP contribution in [0.4, 0.5) is 0 Å². The van der Waals surface area contributed by atoms with Crippen LogP contribution in [0.15, 0.2) is 34.8 Å². The first-order chi connectivity index (χ1) is 9.43. The zero-order valence-electron chi connectivity index (χ0n) is 10.9. The second-order valence-electron chi connectivity index (χ2n) is 4.38. The summed E-state index contributed by atoms with van der Waals surface area (Å²) in [5.41, 5.74) is 3.10. The largest absolute Gasteiger partial charge is 0.495 e. The van der Waals surface area contributed by atoms with Crippen molar-refractivity contribution in [2.45, 2.75) is 11.8 Å². The van der Waals surface area contributed by atoms with Crippen LogP contribution in [0.5, 0.6) is 5.75 Å². The van der Waals surface area contributed by atoms with Gasteiger partial charge < -0.3 is 4.74 Å². The fraction of sp³-hybridized carbons (Fsp3) is 0.200. The van der Waals surface area contributed by atoms with Crippen molar-refractivity contribution in [3.05, 3.63) is 61.5 Å². The van der Waals surface area contributed by atoms with Gasteiger partial charge in [0.15, 0.2) is 0 Å². The van der Waals surface area contributed by atoms with Gasteiger partial charge >= 0.3 is 0 Å². The Morgan fingerprint density at radius 2 is 1.85 bits per heavy atom. The van der Waals surface area contributed by atoms with Crippen molar-refractivity contribution in [2.75, 3.05) is 7.11 Å². The maximum absolute atomic E-state index is 6.14. The van der Waals surface area contributed by atoms with E-state index in [1.807, 2.05) is 31.2 Å². The normalized spacial score (nSPS) is 12.3. The summed E-state index contributed by atoms with van der Waals surface area (Å²) in [6, 6.07) is 9.65. The Kier molecular flexibility index (Phi) is 5.41. The molecule has 2 aromatic rings. The van der Waals surface area contributed by atoms with Gasteiger partial charge in [0.25, 0.3) is 0 Å². The van der Waals surface area contributed by atoms with Gasteiger partial charge in [-0.2, -0.15) is 0 Å². The van der Waals surface area contributed by atoms with Gasteiger partial charge in [0.2, 0.25) is 0 Å². The van der Waals surface area contributed by atoms with E-state index in [-0.39, 0.29) is 4.83 Å². The van der Waals surface area contributed by atoms with Crippen LogP contribution >= 0.6 is 55.1 Å². The molecule has 20 heavy (non-hydrogen) atoms. The number of halogens is 4. The smallest absolute Gasteiger partial charge is 0.137 e. The van der Waals surface area contributed by atoms with E-state index >= 15 is 0 Å². The zero-order chi connectivity index (χ0) is 14.9. The van der Waals surface area contributed by atoms with Crippen LogP contribution in [0, 0.1) is 6.92 Å². The number of hydrogen-bond acceptors (Lipinski definition) is 1. The molecule has 1 unspecified atom stereocenters. The van der Waals surface area contributed by atoms with Crippen LogP contribution < -0.4 is 4.74 Å². The van der Waals surface area contributed by atoms with E-state index in [9.17, 15) is 0 Å². The molecule has 2 rings (SSSR count). The van der Waals surface area contributed by atoms with Crippen molar-refractivity contribution < 1.29 is 4.74 Å². The maximum Gasteiger partial charge on any atom is 0.137 e. The summed E-state index contributed by atoms with van der Waals surface area (Å²) in [4.78, 5) is -0.0246. The molecule has 0 aliphatic heterocycles. The van der Waals surface area contributed by atoms with Crippen LogP contribution in [0.2, 0.25) is 10.0 Å². The molecule has 0 heterocycles. The Bertz CT molecular complexity index is 644. The summed E-state index contributed by atoms with van der Waals surface area (Å²) in [6.45, 7) is 1.98. The van der Waals surface area contributed by atoms with Crippen molar-refractivity contribution in [1.82, 2.24) is 0 Å². The standard InChI is InChI=1S/C15H12Br2Cl2O/c1-8-5-9(3-4-13(8)19)14(17)11-6-10(18)7-12(16)15(11)20-2/h3-7,14H,1-2H3. The first kappa shape index (κ1) is 16.2. The number of alkyl halides is 1. The van der Waals surface area contributed by atoms with Gasteiger partial charge in [0.1, 0.15) is 5.75 Å². The van der Waals surface area contributed by atoms with Crippen molar-refractivity contribution in [3.63, 3.8) is 0 Å². The minimum atomic E-state index is -0.0246. The van der Waals surface area contributed by atoms with Crippen LogP contribution in [0.1, 0.15) is 21.5 Å². The molecule has 0 aromatic heterocycles. The molecular weight excluding hydrogens is 427 g/mol. The minimum Gasteiger partial charge on any atom is -0.495 e. The predicted octanol–water partition coefficient (Wildman–Crippen LogP) is 6.56. The number of ether oxygens (including phenoxy) is 1. The molecule has 5 heteroatoms. The molecule has 1 nitrogen and oxygen atoms in total. The number of aryl methyl sites for hydroxylation is 1. The van der Waals surface area contributed by atoms with Gasteiger partial charge in [-0.15, -0.1) is 0 Å². The van der Waals surface area contributed by atoms with Crippen LogP contribution in [-0.2, 0) is 0 Å². The first-order valence-corrected chi connectivity index (χ1v) is 8.33. The molecule has 0 N–H and O–H groups in total. The third-order valence-corrected chi connectivity index (χ3v) is 5.24. The SMILES string of the molecule is COc1c(Br)cc(Cl)cc1C(Br)c1ccc(Cl)c(C)c1. The average molecular weight is 439 g/mol. The topological polar surface area (TPSA) is 9.23 Å². The van der Waals surface area contributed by atoms with Crippen molar-refractivity contribution >= 4 is 55.1 Å². The monoisotopic (exact) mass is 436 g/mol. The lowest BCUT2D eigenvalue weighted by molar-refractivity contribution is 0.408. The van der Waals surface area contributed by atoms with Crippen LogP contribution in [-0.4, -0.2) is 7.11 Å². The van der Waals surface area contributed by atoms with E-state index in [1.54, 1.807) is 7.11 Å². The summed E-state index contributed by atoms with van der Waals surface area (Å²) >= 11 is 19.4. The Morgan fingerprint density at radius 3 is 2.45 bits per heavy atom. The molecule has 0 aliphatic rings. The maximum atomic E-state index is 6.14. The highest BCUT2D eigenvalue weighted by Gasteiger charge is 2.19. The summed E-state index contributed by atoms with van der Waals surface area (Å²) in [7, 11) is 1.64. The molecule has 2 aromatic carbocycles. The van der Waals surface area contributed by atoms with E-state index in [1.165, 1.54) is 0 Å². The molecule has 0 bridgehead atoms. The molecule has 0 aliphatic carbocycles. The predicted molar refractivity (Wildman–Crippen MR) is 92.7 cm³/mol.